The minimum atomic E-state index is -0.380. The van der Waals surface area contributed by atoms with E-state index < -0.39 is 0 Å². The maximum atomic E-state index is 12.0. The summed E-state index contributed by atoms with van der Waals surface area (Å²) < 4.78 is 1.89. The van der Waals surface area contributed by atoms with Crippen LogP contribution in [0.5, 0.6) is 0 Å². The standard InChI is InChI=1S/C12H20N2O2/c1-4-14-8-5-6-10(14)11(16)13-12(2,3)7-9-15/h5-6,8,15H,4,7,9H2,1-3H3,(H,13,16). The molecule has 0 aliphatic rings. The minimum absolute atomic E-state index is 0.0715. The fraction of sp³-hybridized carbons (Fsp3) is 0.583. The number of hydrogen-bond acceptors (Lipinski definition) is 2. The van der Waals surface area contributed by atoms with E-state index in [1.54, 1.807) is 6.07 Å². The smallest absolute Gasteiger partial charge is 0.268 e. The van der Waals surface area contributed by atoms with Crippen molar-refractivity contribution in [3.8, 4) is 0 Å². The zero-order chi connectivity index (χ0) is 12.2. The molecule has 0 aliphatic carbocycles. The molecule has 4 nitrogen and oxygen atoms in total. The molecule has 2 N–H and O–H groups in total. The molecule has 0 radical (unpaired) electrons. The fourth-order valence-corrected chi connectivity index (χ4v) is 1.61. The van der Waals surface area contributed by atoms with Crippen LogP contribution in [0.15, 0.2) is 18.3 Å². The SMILES string of the molecule is CCn1cccc1C(=O)NC(C)(C)CCO. The van der Waals surface area contributed by atoms with Gasteiger partial charge in [0.2, 0.25) is 0 Å². The number of nitrogens with one attached hydrogen (secondary N) is 1. The molecule has 0 fully saturated rings. The minimum Gasteiger partial charge on any atom is -0.396 e. The number of aromatic nitrogens is 1. The van der Waals surface area contributed by atoms with Gasteiger partial charge in [-0.3, -0.25) is 4.79 Å². The van der Waals surface area contributed by atoms with Gasteiger partial charge in [-0.25, -0.2) is 0 Å². The Labute approximate surface area is 96.3 Å². The van der Waals surface area contributed by atoms with E-state index in [1.807, 2.05) is 37.6 Å². The number of carbonyl (C=O) groups excluding carboxylic acids is 1. The Kier molecular flexibility index (Phi) is 4.12. The van der Waals surface area contributed by atoms with E-state index in [-0.39, 0.29) is 18.1 Å². The van der Waals surface area contributed by atoms with E-state index >= 15 is 0 Å². The van der Waals surface area contributed by atoms with Gasteiger partial charge < -0.3 is 15.0 Å². The van der Waals surface area contributed by atoms with Crippen molar-refractivity contribution in [3.63, 3.8) is 0 Å². The topological polar surface area (TPSA) is 54.3 Å². The molecule has 1 aromatic heterocycles. The van der Waals surface area contributed by atoms with E-state index in [4.69, 9.17) is 5.11 Å². The summed E-state index contributed by atoms with van der Waals surface area (Å²) >= 11 is 0. The van der Waals surface area contributed by atoms with E-state index in [0.29, 0.717) is 12.1 Å². The Bertz CT molecular complexity index is 356. The molecule has 90 valence electrons. The number of carbonyl (C=O) groups is 1. The van der Waals surface area contributed by atoms with Crippen molar-refractivity contribution in [2.75, 3.05) is 6.61 Å². The molecule has 1 rings (SSSR count). The van der Waals surface area contributed by atoms with Crippen LogP contribution in [0.1, 0.15) is 37.7 Å². The first-order chi connectivity index (χ1) is 7.50. The zero-order valence-electron chi connectivity index (χ0n) is 10.2. The van der Waals surface area contributed by atoms with Gasteiger partial charge in [-0.05, 0) is 39.3 Å². The third-order valence-corrected chi connectivity index (χ3v) is 2.59. The number of rotatable bonds is 5. The van der Waals surface area contributed by atoms with Gasteiger partial charge in [0.1, 0.15) is 5.69 Å². The van der Waals surface area contributed by atoms with Crippen LogP contribution in [0.4, 0.5) is 0 Å². The first kappa shape index (κ1) is 12.8. The lowest BCUT2D eigenvalue weighted by molar-refractivity contribution is 0.0890. The van der Waals surface area contributed by atoms with Crippen LogP contribution in [0, 0.1) is 0 Å². The molecule has 16 heavy (non-hydrogen) atoms. The van der Waals surface area contributed by atoms with Crippen LogP contribution in [0.2, 0.25) is 0 Å². The average molecular weight is 224 g/mol. The van der Waals surface area contributed by atoms with Gasteiger partial charge in [0, 0.05) is 24.9 Å². The second-order valence-electron chi connectivity index (χ2n) is 4.49. The lowest BCUT2D eigenvalue weighted by Crippen LogP contribution is -2.44. The van der Waals surface area contributed by atoms with Gasteiger partial charge >= 0.3 is 0 Å². The highest BCUT2D eigenvalue weighted by Crippen LogP contribution is 2.10. The maximum Gasteiger partial charge on any atom is 0.268 e. The molecular formula is C12H20N2O2. The molecule has 0 aromatic carbocycles. The van der Waals surface area contributed by atoms with Gasteiger partial charge in [0.25, 0.3) is 5.91 Å². The van der Waals surface area contributed by atoms with Gasteiger partial charge in [0.05, 0.1) is 0 Å². The summed E-state index contributed by atoms with van der Waals surface area (Å²) in [5, 5.41) is 11.8. The van der Waals surface area contributed by atoms with Crippen molar-refractivity contribution >= 4 is 5.91 Å². The normalized spacial score (nSPS) is 11.5. The molecule has 0 aliphatic heterocycles. The quantitative estimate of drug-likeness (QED) is 0.794. The summed E-state index contributed by atoms with van der Waals surface area (Å²) in [6, 6.07) is 3.66. The van der Waals surface area contributed by atoms with Crippen LogP contribution in [0.3, 0.4) is 0 Å². The zero-order valence-corrected chi connectivity index (χ0v) is 10.2. The Morgan fingerprint density at radius 1 is 1.56 bits per heavy atom. The van der Waals surface area contributed by atoms with Crippen LogP contribution >= 0.6 is 0 Å². The molecule has 0 unspecified atom stereocenters. The Balaban J connectivity index is 2.72. The molecular weight excluding hydrogens is 204 g/mol. The van der Waals surface area contributed by atoms with Crippen LogP contribution in [-0.4, -0.2) is 27.7 Å². The van der Waals surface area contributed by atoms with E-state index in [2.05, 4.69) is 5.32 Å². The number of aliphatic hydroxyl groups is 1. The summed E-state index contributed by atoms with van der Waals surface area (Å²) in [6.45, 7) is 6.65. The number of nitrogens with zero attached hydrogens (tertiary/aromatic N) is 1. The first-order valence-corrected chi connectivity index (χ1v) is 5.58. The van der Waals surface area contributed by atoms with Crippen molar-refractivity contribution in [1.29, 1.82) is 0 Å². The predicted octanol–water partition coefficient (Wildman–Crippen LogP) is 1.40. The lowest BCUT2D eigenvalue weighted by atomic mass is 10.0. The molecule has 1 aromatic rings. The molecule has 0 saturated heterocycles. The van der Waals surface area contributed by atoms with Gasteiger partial charge in [0.15, 0.2) is 0 Å². The van der Waals surface area contributed by atoms with Crippen molar-refractivity contribution in [3.05, 3.63) is 24.0 Å². The highest BCUT2D eigenvalue weighted by atomic mass is 16.3. The van der Waals surface area contributed by atoms with Crippen LogP contribution < -0.4 is 5.32 Å². The van der Waals surface area contributed by atoms with E-state index in [9.17, 15) is 4.79 Å². The number of aryl methyl sites for hydroxylation is 1. The molecule has 1 heterocycles. The molecule has 0 atom stereocenters. The van der Waals surface area contributed by atoms with Crippen molar-refractivity contribution in [2.24, 2.45) is 0 Å². The van der Waals surface area contributed by atoms with Crippen LogP contribution in [0.25, 0.3) is 0 Å². The second kappa shape index (κ2) is 5.16. The second-order valence-corrected chi connectivity index (χ2v) is 4.49. The summed E-state index contributed by atoms with van der Waals surface area (Å²) in [4.78, 5) is 12.0. The molecule has 0 bridgehead atoms. The van der Waals surface area contributed by atoms with Gasteiger partial charge in [-0.15, -0.1) is 0 Å². The highest BCUT2D eigenvalue weighted by Gasteiger charge is 2.21. The van der Waals surface area contributed by atoms with Crippen molar-refractivity contribution < 1.29 is 9.90 Å². The number of amides is 1. The molecule has 4 heteroatoms. The Hall–Kier alpha value is -1.29. The Morgan fingerprint density at radius 2 is 2.25 bits per heavy atom. The Morgan fingerprint density at radius 3 is 2.81 bits per heavy atom. The summed E-state index contributed by atoms with van der Waals surface area (Å²) in [7, 11) is 0. The summed E-state index contributed by atoms with van der Waals surface area (Å²) in [6.07, 6.45) is 2.43. The fourth-order valence-electron chi connectivity index (χ4n) is 1.61. The summed E-state index contributed by atoms with van der Waals surface area (Å²) in [5.41, 5.74) is 0.280. The van der Waals surface area contributed by atoms with E-state index in [1.165, 1.54) is 0 Å². The predicted molar refractivity (Wildman–Crippen MR) is 63.4 cm³/mol. The molecule has 0 spiro atoms. The lowest BCUT2D eigenvalue weighted by Gasteiger charge is -2.25. The van der Waals surface area contributed by atoms with Crippen molar-refractivity contribution in [2.45, 2.75) is 39.3 Å². The monoisotopic (exact) mass is 224 g/mol. The molecule has 0 saturated carbocycles. The number of hydrogen-bond donors (Lipinski definition) is 2. The van der Waals surface area contributed by atoms with Crippen molar-refractivity contribution in [1.82, 2.24) is 9.88 Å². The summed E-state index contributed by atoms with van der Waals surface area (Å²) in [5.74, 6) is -0.0923. The first-order valence-electron chi connectivity index (χ1n) is 5.58. The maximum absolute atomic E-state index is 12.0. The number of aliphatic hydroxyl groups excluding tert-OH is 1. The third-order valence-electron chi connectivity index (χ3n) is 2.59. The average Bonchev–Trinajstić information content (AvgIpc) is 2.64. The van der Waals surface area contributed by atoms with E-state index in [0.717, 1.165) is 6.54 Å². The largest absolute Gasteiger partial charge is 0.396 e. The van der Waals surface area contributed by atoms with Crippen LogP contribution in [-0.2, 0) is 6.54 Å². The molecule has 1 amide bonds. The van der Waals surface area contributed by atoms with Gasteiger partial charge in [-0.2, -0.15) is 0 Å². The third kappa shape index (κ3) is 3.10. The van der Waals surface area contributed by atoms with Gasteiger partial charge in [-0.1, -0.05) is 0 Å². The highest BCUT2D eigenvalue weighted by molar-refractivity contribution is 5.93.